The Bertz CT molecular complexity index is 497. The van der Waals surface area contributed by atoms with E-state index >= 15 is 0 Å². The van der Waals surface area contributed by atoms with Gasteiger partial charge in [-0.05, 0) is 25.5 Å². The molecule has 0 bridgehead atoms. The van der Waals surface area contributed by atoms with Crippen LogP contribution >= 0.6 is 11.3 Å². The molecular weight excluding hydrogens is 246 g/mol. The number of hydrogen-bond donors (Lipinski definition) is 1. The zero-order valence-electron chi connectivity index (χ0n) is 11.3. The predicted molar refractivity (Wildman–Crippen MR) is 73.9 cm³/mol. The van der Waals surface area contributed by atoms with Gasteiger partial charge >= 0.3 is 0 Å². The summed E-state index contributed by atoms with van der Waals surface area (Å²) in [6, 6.07) is 2.58. The van der Waals surface area contributed by atoms with Crippen molar-refractivity contribution in [1.82, 2.24) is 15.5 Å². The smallest absolute Gasteiger partial charge is 0.257 e. The molecule has 2 heterocycles. The zero-order chi connectivity index (χ0) is 13.1. The molecule has 1 N–H and O–H groups in total. The summed E-state index contributed by atoms with van der Waals surface area (Å²) in [5, 5.41) is 11.5. The summed E-state index contributed by atoms with van der Waals surface area (Å²) < 4.78 is 5.67. The summed E-state index contributed by atoms with van der Waals surface area (Å²) in [6.07, 6.45) is 0.772. The van der Waals surface area contributed by atoms with Gasteiger partial charge in [-0.15, -0.1) is 21.5 Å². The average Bonchev–Trinajstić information content (AvgIpc) is 2.87. The molecule has 0 saturated carbocycles. The van der Waals surface area contributed by atoms with Crippen LogP contribution in [0.4, 0.5) is 0 Å². The minimum absolute atomic E-state index is 0.481. The van der Waals surface area contributed by atoms with Crippen LogP contribution in [0, 0.1) is 13.8 Å². The highest BCUT2D eigenvalue weighted by molar-refractivity contribution is 7.15. The molecule has 2 aromatic rings. The second kappa shape index (κ2) is 5.63. The van der Waals surface area contributed by atoms with Crippen molar-refractivity contribution in [2.45, 2.75) is 40.2 Å². The van der Waals surface area contributed by atoms with Gasteiger partial charge in [0, 0.05) is 23.9 Å². The predicted octanol–water partition coefficient (Wildman–Crippen LogP) is 2.96. The van der Waals surface area contributed by atoms with Crippen molar-refractivity contribution in [3.05, 3.63) is 22.4 Å². The lowest BCUT2D eigenvalue weighted by Gasteiger charge is -2.04. The molecule has 0 atom stereocenters. The van der Waals surface area contributed by atoms with E-state index in [2.05, 4.69) is 49.3 Å². The van der Waals surface area contributed by atoms with Crippen molar-refractivity contribution in [2.24, 2.45) is 0 Å². The van der Waals surface area contributed by atoms with E-state index in [1.807, 2.05) is 0 Å². The summed E-state index contributed by atoms with van der Waals surface area (Å²) in [4.78, 5) is 2.35. The zero-order valence-corrected chi connectivity index (χ0v) is 12.1. The van der Waals surface area contributed by atoms with E-state index in [1.54, 1.807) is 11.3 Å². The fraction of sp³-hybridized carbons (Fsp3) is 0.538. The average molecular weight is 265 g/mol. The van der Waals surface area contributed by atoms with Gasteiger partial charge in [0.15, 0.2) is 0 Å². The maximum Gasteiger partial charge on any atom is 0.257 e. The van der Waals surface area contributed by atoms with Crippen molar-refractivity contribution in [1.29, 1.82) is 0 Å². The van der Waals surface area contributed by atoms with Crippen LogP contribution < -0.4 is 5.32 Å². The molecule has 0 amide bonds. The molecule has 4 nitrogen and oxygen atoms in total. The lowest BCUT2D eigenvalue weighted by Crippen LogP contribution is -2.25. The fourth-order valence-electron chi connectivity index (χ4n) is 1.60. The summed E-state index contributed by atoms with van der Waals surface area (Å²) in [5.41, 5.74) is 1.27. The Balaban J connectivity index is 2.01. The summed E-state index contributed by atoms with van der Waals surface area (Å²) in [5.74, 6) is 1.33. The van der Waals surface area contributed by atoms with E-state index in [-0.39, 0.29) is 0 Å². The number of nitrogens with zero attached hydrogens (tertiary/aromatic N) is 2. The van der Waals surface area contributed by atoms with Crippen LogP contribution in [0.5, 0.6) is 0 Å². The lowest BCUT2D eigenvalue weighted by atomic mass is 10.3. The molecule has 5 heteroatoms. The Morgan fingerprint density at radius 2 is 2.11 bits per heavy atom. The first-order valence-corrected chi connectivity index (χ1v) is 7.01. The molecular formula is C13H19N3OS. The summed E-state index contributed by atoms with van der Waals surface area (Å²) >= 11 is 1.70. The fourth-order valence-corrected chi connectivity index (χ4v) is 2.56. The third-order valence-corrected chi connectivity index (χ3v) is 3.88. The molecule has 0 radical (unpaired) electrons. The summed E-state index contributed by atoms with van der Waals surface area (Å²) in [6.45, 7) is 9.31. The standard InChI is InChI=1S/C13H19N3OS/c1-8(2)14-6-5-12-15-16-13(17-12)11-7-9(3)10(4)18-11/h7-8,14H,5-6H2,1-4H3. The van der Waals surface area contributed by atoms with Gasteiger partial charge in [0.25, 0.3) is 5.89 Å². The van der Waals surface area contributed by atoms with E-state index < -0.39 is 0 Å². The maximum absolute atomic E-state index is 5.67. The van der Waals surface area contributed by atoms with Gasteiger partial charge in [0.1, 0.15) is 0 Å². The normalized spacial score (nSPS) is 11.4. The third-order valence-electron chi connectivity index (χ3n) is 2.74. The maximum atomic E-state index is 5.67. The van der Waals surface area contributed by atoms with Crippen LogP contribution in [-0.4, -0.2) is 22.8 Å². The molecule has 0 fully saturated rings. The van der Waals surface area contributed by atoms with Crippen molar-refractivity contribution in [3.8, 4) is 10.8 Å². The van der Waals surface area contributed by atoms with E-state index in [1.165, 1.54) is 10.4 Å². The monoisotopic (exact) mass is 265 g/mol. The highest BCUT2D eigenvalue weighted by Crippen LogP contribution is 2.29. The Hall–Kier alpha value is -1.20. The molecule has 0 spiro atoms. The second-order valence-corrected chi connectivity index (χ2v) is 5.97. The van der Waals surface area contributed by atoms with Crippen molar-refractivity contribution < 1.29 is 4.42 Å². The third kappa shape index (κ3) is 3.17. The SMILES string of the molecule is Cc1cc(-c2nnc(CCNC(C)C)o2)sc1C. The van der Waals surface area contributed by atoms with Crippen LogP contribution in [0.25, 0.3) is 10.8 Å². The number of nitrogens with one attached hydrogen (secondary N) is 1. The second-order valence-electron chi connectivity index (χ2n) is 4.71. The van der Waals surface area contributed by atoms with Gasteiger partial charge in [0.2, 0.25) is 5.89 Å². The van der Waals surface area contributed by atoms with Gasteiger partial charge in [0.05, 0.1) is 4.88 Å². The van der Waals surface area contributed by atoms with Gasteiger partial charge < -0.3 is 9.73 Å². The van der Waals surface area contributed by atoms with Crippen LogP contribution in [-0.2, 0) is 6.42 Å². The minimum atomic E-state index is 0.481. The molecule has 0 unspecified atom stereocenters. The minimum Gasteiger partial charge on any atom is -0.420 e. The number of thiophene rings is 1. The first kappa shape index (κ1) is 13.2. The number of aromatic nitrogens is 2. The van der Waals surface area contributed by atoms with E-state index in [4.69, 9.17) is 4.42 Å². The Morgan fingerprint density at radius 1 is 1.33 bits per heavy atom. The number of hydrogen-bond acceptors (Lipinski definition) is 5. The highest BCUT2D eigenvalue weighted by Gasteiger charge is 2.11. The van der Waals surface area contributed by atoms with Crippen molar-refractivity contribution in [3.63, 3.8) is 0 Å². The van der Waals surface area contributed by atoms with Crippen LogP contribution in [0.2, 0.25) is 0 Å². The van der Waals surface area contributed by atoms with E-state index in [9.17, 15) is 0 Å². The molecule has 0 aliphatic carbocycles. The van der Waals surface area contributed by atoms with Crippen molar-refractivity contribution in [2.75, 3.05) is 6.54 Å². The topological polar surface area (TPSA) is 51.0 Å². The quantitative estimate of drug-likeness (QED) is 0.903. The Labute approximate surface area is 111 Å². The summed E-state index contributed by atoms with van der Waals surface area (Å²) in [7, 11) is 0. The van der Waals surface area contributed by atoms with Crippen molar-refractivity contribution >= 4 is 11.3 Å². The molecule has 18 heavy (non-hydrogen) atoms. The Kier molecular flexibility index (Phi) is 4.14. The first-order chi connectivity index (χ1) is 8.56. The molecule has 98 valence electrons. The number of rotatable bonds is 5. The largest absolute Gasteiger partial charge is 0.420 e. The van der Waals surface area contributed by atoms with Gasteiger partial charge in [-0.1, -0.05) is 13.8 Å². The van der Waals surface area contributed by atoms with Crippen LogP contribution in [0.15, 0.2) is 10.5 Å². The van der Waals surface area contributed by atoms with E-state index in [0.29, 0.717) is 17.8 Å². The first-order valence-electron chi connectivity index (χ1n) is 6.19. The Morgan fingerprint density at radius 3 is 2.72 bits per heavy atom. The lowest BCUT2D eigenvalue weighted by molar-refractivity contribution is 0.485. The molecule has 2 rings (SSSR count). The number of aryl methyl sites for hydroxylation is 2. The van der Waals surface area contributed by atoms with Crippen LogP contribution in [0.3, 0.4) is 0 Å². The highest BCUT2D eigenvalue weighted by atomic mass is 32.1. The van der Waals surface area contributed by atoms with Gasteiger partial charge in [-0.3, -0.25) is 0 Å². The molecule has 0 aliphatic heterocycles. The van der Waals surface area contributed by atoms with Gasteiger partial charge in [-0.25, -0.2) is 0 Å². The molecule has 0 aromatic carbocycles. The van der Waals surface area contributed by atoms with E-state index in [0.717, 1.165) is 17.8 Å². The molecule has 0 aliphatic rings. The van der Waals surface area contributed by atoms with Gasteiger partial charge in [-0.2, -0.15) is 0 Å². The molecule has 0 saturated heterocycles. The van der Waals surface area contributed by atoms with Crippen LogP contribution in [0.1, 0.15) is 30.2 Å². The molecule has 2 aromatic heterocycles.